The van der Waals surface area contributed by atoms with Crippen LogP contribution in [0.2, 0.25) is 0 Å². The number of hydrogen-bond donors (Lipinski definition) is 0. The molecule has 1 aliphatic rings. The molecule has 0 spiro atoms. The number of ether oxygens (including phenoxy) is 1. The van der Waals surface area contributed by atoms with Crippen molar-refractivity contribution in [2.24, 2.45) is 0 Å². The van der Waals surface area contributed by atoms with Gasteiger partial charge in [0.2, 0.25) is 0 Å². The van der Waals surface area contributed by atoms with Crippen molar-refractivity contribution < 1.29 is 14.3 Å². The summed E-state index contributed by atoms with van der Waals surface area (Å²) < 4.78 is 4.80. The van der Waals surface area contributed by atoms with Crippen molar-refractivity contribution in [3.63, 3.8) is 0 Å². The molecular weight excluding hydrogens is 260 g/mol. The van der Waals surface area contributed by atoms with Gasteiger partial charge in [0.05, 0.1) is 5.56 Å². The van der Waals surface area contributed by atoms with Gasteiger partial charge in [-0.25, -0.2) is 9.59 Å². The monoisotopic (exact) mass is 270 g/mol. The fourth-order valence-electron chi connectivity index (χ4n) is 1.99. The van der Waals surface area contributed by atoms with Crippen molar-refractivity contribution >= 4 is 23.7 Å². The summed E-state index contributed by atoms with van der Waals surface area (Å²) >= 11 is 1.39. The zero-order valence-corrected chi connectivity index (χ0v) is 10.7. The third-order valence-electron chi connectivity index (χ3n) is 2.87. The predicted octanol–water partition coefficient (Wildman–Crippen LogP) is 3.22. The lowest BCUT2D eigenvalue weighted by molar-refractivity contribution is -0.138. The standard InChI is InChI=1S/C15H10O3S/c16-14-12-9-5-4-8-11(12)13(15(17)18-14)19-10-6-2-1-3-7-10/h1-9,13H. The van der Waals surface area contributed by atoms with E-state index in [1.165, 1.54) is 11.8 Å². The zero-order valence-electron chi connectivity index (χ0n) is 9.91. The van der Waals surface area contributed by atoms with Gasteiger partial charge in [-0.3, -0.25) is 0 Å². The first-order chi connectivity index (χ1) is 9.25. The first kappa shape index (κ1) is 12.0. The van der Waals surface area contributed by atoms with E-state index in [0.717, 1.165) is 10.5 Å². The molecule has 3 rings (SSSR count). The summed E-state index contributed by atoms with van der Waals surface area (Å²) in [5, 5.41) is -0.490. The highest BCUT2D eigenvalue weighted by Crippen LogP contribution is 2.40. The van der Waals surface area contributed by atoms with E-state index in [0.29, 0.717) is 5.56 Å². The number of fused-ring (bicyclic) bond motifs is 1. The third-order valence-corrected chi connectivity index (χ3v) is 4.09. The van der Waals surface area contributed by atoms with Gasteiger partial charge in [-0.05, 0) is 23.8 Å². The molecule has 1 unspecified atom stereocenters. The molecule has 0 aromatic heterocycles. The number of esters is 2. The van der Waals surface area contributed by atoms with Crippen LogP contribution < -0.4 is 0 Å². The minimum Gasteiger partial charge on any atom is -0.388 e. The number of cyclic esters (lactones) is 2. The molecule has 2 aromatic rings. The predicted molar refractivity (Wildman–Crippen MR) is 71.9 cm³/mol. The molecule has 3 nitrogen and oxygen atoms in total. The van der Waals surface area contributed by atoms with E-state index in [2.05, 4.69) is 0 Å². The van der Waals surface area contributed by atoms with E-state index < -0.39 is 17.2 Å². The average molecular weight is 270 g/mol. The number of carbonyl (C=O) groups excluding carboxylic acids is 2. The molecular formula is C15H10O3S. The summed E-state index contributed by atoms with van der Waals surface area (Å²) in [6.45, 7) is 0. The van der Waals surface area contributed by atoms with Crippen LogP contribution in [-0.4, -0.2) is 11.9 Å². The molecule has 0 aliphatic carbocycles. The summed E-state index contributed by atoms with van der Waals surface area (Å²) in [6.07, 6.45) is 0. The van der Waals surface area contributed by atoms with E-state index in [1.54, 1.807) is 18.2 Å². The van der Waals surface area contributed by atoms with Crippen molar-refractivity contribution in [1.82, 2.24) is 0 Å². The second kappa shape index (κ2) is 4.90. The Labute approximate surface area is 114 Å². The van der Waals surface area contributed by atoms with Crippen LogP contribution in [0.15, 0.2) is 59.5 Å². The maximum absolute atomic E-state index is 11.9. The van der Waals surface area contributed by atoms with Crippen LogP contribution in [0.1, 0.15) is 21.2 Å². The number of benzene rings is 2. The van der Waals surface area contributed by atoms with Gasteiger partial charge in [0.1, 0.15) is 5.25 Å². The molecule has 2 aromatic carbocycles. The molecule has 1 atom stereocenters. The second-order valence-corrected chi connectivity index (χ2v) is 5.29. The molecule has 19 heavy (non-hydrogen) atoms. The zero-order chi connectivity index (χ0) is 13.2. The molecule has 0 bridgehead atoms. The van der Waals surface area contributed by atoms with Gasteiger partial charge >= 0.3 is 11.9 Å². The Bertz CT molecular complexity index is 637. The van der Waals surface area contributed by atoms with E-state index in [-0.39, 0.29) is 0 Å². The summed E-state index contributed by atoms with van der Waals surface area (Å²) in [5.74, 6) is -1.07. The Kier molecular flexibility index (Phi) is 3.09. The van der Waals surface area contributed by atoms with Gasteiger partial charge in [-0.2, -0.15) is 0 Å². The lowest BCUT2D eigenvalue weighted by atomic mass is 10.0. The number of hydrogen-bond acceptors (Lipinski definition) is 4. The molecule has 0 saturated carbocycles. The molecule has 4 heteroatoms. The summed E-state index contributed by atoms with van der Waals surface area (Å²) in [5.41, 5.74) is 1.19. The minimum atomic E-state index is -0.564. The van der Waals surface area contributed by atoms with E-state index in [9.17, 15) is 9.59 Å². The number of carbonyl (C=O) groups is 2. The van der Waals surface area contributed by atoms with Crippen LogP contribution in [0.5, 0.6) is 0 Å². The molecule has 0 N–H and O–H groups in total. The van der Waals surface area contributed by atoms with Gasteiger partial charge in [0.25, 0.3) is 0 Å². The molecule has 0 saturated heterocycles. The van der Waals surface area contributed by atoms with Crippen LogP contribution >= 0.6 is 11.8 Å². The second-order valence-electron chi connectivity index (χ2n) is 4.11. The Morgan fingerprint density at radius 2 is 1.58 bits per heavy atom. The minimum absolute atomic E-state index is 0.468. The molecule has 1 aliphatic heterocycles. The van der Waals surface area contributed by atoms with Gasteiger partial charge in [0, 0.05) is 4.90 Å². The summed E-state index contributed by atoms with van der Waals surface area (Å²) in [7, 11) is 0. The fourth-order valence-corrected chi connectivity index (χ4v) is 3.05. The van der Waals surface area contributed by atoms with Crippen LogP contribution in [0.4, 0.5) is 0 Å². The molecule has 0 radical (unpaired) electrons. The Morgan fingerprint density at radius 1 is 0.895 bits per heavy atom. The van der Waals surface area contributed by atoms with Crippen molar-refractivity contribution in [2.75, 3.05) is 0 Å². The van der Waals surface area contributed by atoms with Crippen LogP contribution in [0.25, 0.3) is 0 Å². The van der Waals surface area contributed by atoms with E-state index in [1.807, 2.05) is 36.4 Å². The largest absolute Gasteiger partial charge is 0.388 e. The smallest absolute Gasteiger partial charge is 0.346 e. The van der Waals surface area contributed by atoms with Gasteiger partial charge in [0.15, 0.2) is 0 Å². The van der Waals surface area contributed by atoms with Gasteiger partial charge in [-0.1, -0.05) is 36.4 Å². The van der Waals surface area contributed by atoms with Crippen LogP contribution in [0.3, 0.4) is 0 Å². The lowest BCUT2D eigenvalue weighted by Crippen LogP contribution is -2.26. The van der Waals surface area contributed by atoms with E-state index >= 15 is 0 Å². The highest BCUT2D eigenvalue weighted by Gasteiger charge is 2.34. The molecule has 94 valence electrons. The first-order valence-electron chi connectivity index (χ1n) is 5.82. The normalized spacial score (nSPS) is 17.8. The van der Waals surface area contributed by atoms with Crippen molar-refractivity contribution in [3.8, 4) is 0 Å². The lowest BCUT2D eigenvalue weighted by Gasteiger charge is -2.22. The maximum atomic E-state index is 11.9. The first-order valence-corrected chi connectivity index (χ1v) is 6.70. The van der Waals surface area contributed by atoms with Crippen molar-refractivity contribution in [2.45, 2.75) is 10.1 Å². The molecule has 1 heterocycles. The maximum Gasteiger partial charge on any atom is 0.346 e. The Balaban J connectivity index is 1.99. The van der Waals surface area contributed by atoms with Gasteiger partial charge < -0.3 is 4.74 Å². The van der Waals surface area contributed by atoms with Crippen molar-refractivity contribution in [1.29, 1.82) is 0 Å². The van der Waals surface area contributed by atoms with E-state index in [4.69, 9.17) is 4.74 Å². The van der Waals surface area contributed by atoms with Gasteiger partial charge in [-0.15, -0.1) is 11.8 Å². The molecule has 0 amide bonds. The Morgan fingerprint density at radius 3 is 2.37 bits per heavy atom. The average Bonchev–Trinajstić information content (AvgIpc) is 2.45. The van der Waals surface area contributed by atoms with Crippen molar-refractivity contribution in [3.05, 3.63) is 65.7 Å². The topological polar surface area (TPSA) is 43.4 Å². The summed E-state index contributed by atoms with van der Waals surface area (Å²) in [4.78, 5) is 24.5. The summed E-state index contributed by atoms with van der Waals surface area (Å²) in [6, 6.07) is 16.7. The third kappa shape index (κ3) is 2.27. The fraction of sp³-hybridized carbons (Fsp3) is 0.0667. The quantitative estimate of drug-likeness (QED) is 0.621. The van der Waals surface area contributed by atoms with Crippen LogP contribution in [0, 0.1) is 0 Å². The molecule has 0 fully saturated rings. The van der Waals surface area contributed by atoms with Crippen LogP contribution in [-0.2, 0) is 9.53 Å². The Hall–Kier alpha value is -2.07. The number of rotatable bonds is 2. The highest BCUT2D eigenvalue weighted by atomic mass is 32.2. The SMILES string of the molecule is O=C1OC(=O)C(Sc2ccccc2)c2ccccc21. The highest BCUT2D eigenvalue weighted by molar-refractivity contribution is 8.00. The number of thioether (sulfide) groups is 1.